The van der Waals surface area contributed by atoms with Crippen LogP contribution in [-0.2, 0) is 28.7 Å². The van der Waals surface area contributed by atoms with Crippen molar-refractivity contribution < 1.29 is 38.9 Å². The molecule has 0 rings (SSSR count). The van der Waals surface area contributed by atoms with Gasteiger partial charge in [-0.15, -0.1) is 0 Å². The van der Waals surface area contributed by atoms with E-state index in [0.717, 1.165) is 63.5 Å². The Kier molecular flexibility index (Phi) is 28.1. The third-order valence-corrected chi connectivity index (χ3v) is 3.20. The van der Waals surface area contributed by atoms with Gasteiger partial charge < -0.3 is 29.3 Å². The van der Waals surface area contributed by atoms with Gasteiger partial charge in [0.05, 0.1) is 25.2 Å². The molecule has 0 fully saturated rings. The Hall–Kier alpha value is -1.07. The Morgan fingerprint density at radius 3 is 1.24 bits per heavy atom. The summed E-state index contributed by atoms with van der Waals surface area (Å²) < 4.78 is 9.44. The van der Waals surface area contributed by atoms with Crippen molar-refractivity contribution in [3.8, 4) is 0 Å². The number of carboxylic acids is 2. The van der Waals surface area contributed by atoms with Crippen molar-refractivity contribution in [2.75, 3.05) is 13.2 Å². The summed E-state index contributed by atoms with van der Waals surface area (Å²) in [5.74, 6) is -4.06. The summed E-state index contributed by atoms with van der Waals surface area (Å²) in [6.45, 7) is 4.87. The van der Waals surface area contributed by atoms with Crippen molar-refractivity contribution in [2.45, 2.75) is 65.2 Å². The van der Waals surface area contributed by atoms with E-state index in [0.29, 0.717) is 25.4 Å². The van der Waals surface area contributed by atoms with E-state index < -0.39 is 23.9 Å². The number of carbonyl (C=O) groups is 4. The fourth-order valence-corrected chi connectivity index (χ4v) is 1.77. The maximum absolute atomic E-state index is 10.8. The standard InChI is InChI=1S/2C10H16O4.Ba/c2*1-2-3-4-5-8-14-10(13)7-6-9(11)12;/h2*6-7H,2-5,8H2,1H3,(H,11,12);/q;;+2/p-2/b2*7-6-;. The fourth-order valence-electron chi connectivity index (χ4n) is 1.77. The molecule has 160 valence electrons. The maximum atomic E-state index is 10.8. The molecule has 0 heterocycles. The number of hydrogen-bond acceptors (Lipinski definition) is 8. The minimum atomic E-state index is -1.40. The number of esters is 2. The van der Waals surface area contributed by atoms with Crippen LogP contribution in [0.4, 0.5) is 0 Å². The van der Waals surface area contributed by atoms with Crippen molar-refractivity contribution in [1.82, 2.24) is 0 Å². The molecule has 0 aromatic carbocycles. The van der Waals surface area contributed by atoms with E-state index in [2.05, 4.69) is 13.8 Å². The van der Waals surface area contributed by atoms with Gasteiger partial charge in [0, 0.05) is 12.2 Å². The molecule has 0 amide bonds. The molecule has 0 atom stereocenters. The zero-order chi connectivity index (χ0) is 21.6. The second kappa shape index (κ2) is 25.0. The van der Waals surface area contributed by atoms with Crippen molar-refractivity contribution in [1.29, 1.82) is 0 Å². The molecule has 0 bridgehead atoms. The van der Waals surface area contributed by atoms with Crippen LogP contribution in [-0.4, -0.2) is 86.0 Å². The number of unbranched alkanes of at least 4 members (excludes halogenated alkanes) is 6. The summed E-state index contributed by atoms with van der Waals surface area (Å²) in [6, 6.07) is 0. The molecule has 0 aromatic heterocycles. The Bertz CT molecular complexity index is 469. The van der Waals surface area contributed by atoms with Gasteiger partial charge in [-0.2, -0.15) is 0 Å². The van der Waals surface area contributed by atoms with Crippen LogP contribution in [0.3, 0.4) is 0 Å². The maximum Gasteiger partial charge on any atom is 2.00 e. The van der Waals surface area contributed by atoms with Gasteiger partial charge in [-0.1, -0.05) is 52.4 Å². The Labute approximate surface area is 212 Å². The molecule has 0 saturated heterocycles. The molecule has 9 heteroatoms. The van der Waals surface area contributed by atoms with Crippen LogP contribution in [0.25, 0.3) is 0 Å². The molecule has 0 saturated carbocycles. The number of ether oxygens (including phenoxy) is 2. The Morgan fingerprint density at radius 2 is 0.966 bits per heavy atom. The van der Waals surface area contributed by atoms with Gasteiger partial charge in [0.15, 0.2) is 0 Å². The van der Waals surface area contributed by atoms with E-state index >= 15 is 0 Å². The molecule has 8 nitrogen and oxygen atoms in total. The summed E-state index contributed by atoms with van der Waals surface area (Å²) >= 11 is 0. The zero-order valence-electron chi connectivity index (χ0n) is 17.4. The van der Waals surface area contributed by atoms with Crippen LogP contribution in [0.15, 0.2) is 24.3 Å². The van der Waals surface area contributed by atoms with E-state index in [4.69, 9.17) is 9.47 Å². The molecular formula is C20H30BaO8. The van der Waals surface area contributed by atoms with Crippen LogP contribution in [0.1, 0.15) is 65.2 Å². The molecule has 0 N–H and O–H groups in total. The van der Waals surface area contributed by atoms with E-state index in [1.807, 2.05) is 0 Å². The molecule has 0 aliphatic rings. The van der Waals surface area contributed by atoms with Gasteiger partial charge in [-0.3, -0.25) is 0 Å². The number of carboxylic acid groups (broad SMARTS) is 2. The number of carbonyl (C=O) groups excluding carboxylic acids is 4. The number of hydrogen-bond donors (Lipinski definition) is 0. The van der Waals surface area contributed by atoms with E-state index in [1.165, 1.54) is 0 Å². The zero-order valence-corrected chi connectivity index (χ0v) is 21.8. The fraction of sp³-hybridized carbons (Fsp3) is 0.600. The summed E-state index contributed by atoms with van der Waals surface area (Å²) in [5, 5.41) is 19.8. The molecule has 0 aliphatic heterocycles. The van der Waals surface area contributed by atoms with Crippen molar-refractivity contribution >= 4 is 72.8 Å². The average Bonchev–Trinajstić information content (AvgIpc) is 2.65. The molecule has 0 spiro atoms. The quantitative estimate of drug-likeness (QED) is 0.136. The minimum absolute atomic E-state index is 0. The van der Waals surface area contributed by atoms with Gasteiger partial charge in [0.25, 0.3) is 0 Å². The van der Waals surface area contributed by atoms with E-state index in [9.17, 15) is 29.4 Å². The van der Waals surface area contributed by atoms with Crippen LogP contribution in [0, 0.1) is 0 Å². The number of aliphatic carboxylic acids is 2. The van der Waals surface area contributed by atoms with Gasteiger partial charge >= 0.3 is 60.8 Å². The van der Waals surface area contributed by atoms with Gasteiger partial charge in [-0.05, 0) is 25.0 Å². The smallest absolute Gasteiger partial charge is 0.545 e. The van der Waals surface area contributed by atoms with Crippen molar-refractivity contribution in [2.24, 2.45) is 0 Å². The molecule has 29 heavy (non-hydrogen) atoms. The molecule has 0 radical (unpaired) electrons. The topological polar surface area (TPSA) is 133 Å². The monoisotopic (exact) mass is 536 g/mol. The normalized spacial score (nSPS) is 10.0. The van der Waals surface area contributed by atoms with Gasteiger partial charge in [0.2, 0.25) is 0 Å². The molecule has 0 unspecified atom stereocenters. The summed E-state index contributed by atoms with van der Waals surface area (Å²) in [5.41, 5.74) is 0. The van der Waals surface area contributed by atoms with E-state index in [1.54, 1.807) is 0 Å². The summed E-state index contributed by atoms with van der Waals surface area (Å²) in [7, 11) is 0. The first-order chi connectivity index (χ1) is 13.3. The predicted molar refractivity (Wildman–Crippen MR) is 104 cm³/mol. The number of rotatable bonds is 14. The van der Waals surface area contributed by atoms with Crippen molar-refractivity contribution in [3.05, 3.63) is 24.3 Å². The first kappa shape index (κ1) is 32.6. The Balaban J connectivity index is -0.000000451. The van der Waals surface area contributed by atoms with Gasteiger partial charge in [0.1, 0.15) is 0 Å². The Morgan fingerprint density at radius 1 is 0.621 bits per heavy atom. The van der Waals surface area contributed by atoms with Crippen LogP contribution in [0.5, 0.6) is 0 Å². The second-order valence-corrected chi connectivity index (χ2v) is 5.76. The third kappa shape index (κ3) is 31.8. The van der Waals surface area contributed by atoms with Crippen LogP contribution in [0.2, 0.25) is 0 Å². The molecule has 0 aliphatic carbocycles. The predicted octanol–water partition coefficient (Wildman–Crippen LogP) is 0.451. The van der Waals surface area contributed by atoms with Crippen LogP contribution >= 0.6 is 0 Å². The van der Waals surface area contributed by atoms with Crippen LogP contribution < -0.4 is 10.2 Å². The van der Waals surface area contributed by atoms with Crippen molar-refractivity contribution in [3.63, 3.8) is 0 Å². The molecular weight excluding hydrogens is 506 g/mol. The minimum Gasteiger partial charge on any atom is -0.545 e. The molecule has 0 aromatic rings. The van der Waals surface area contributed by atoms with Gasteiger partial charge in [-0.25, -0.2) is 9.59 Å². The first-order valence-electron chi connectivity index (χ1n) is 9.45. The second-order valence-electron chi connectivity index (χ2n) is 5.76. The summed E-state index contributed by atoms with van der Waals surface area (Å²) in [6.07, 6.45) is 11.2. The largest absolute Gasteiger partial charge is 2.00 e. The van der Waals surface area contributed by atoms with E-state index in [-0.39, 0.29) is 48.9 Å². The average molecular weight is 536 g/mol. The third-order valence-electron chi connectivity index (χ3n) is 3.20. The summed E-state index contributed by atoms with van der Waals surface area (Å²) in [4.78, 5) is 41.4. The SMILES string of the molecule is CCCCCCOC(=O)/C=C\C(=O)[O-].CCCCCCOC(=O)/C=C\C(=O)[O-].[Ba+2]. The first-order valence-corrected chi connectivity index (χ1v) is 9.45.